The molecule has 1 aliphatic carbocycles. The summed E-state index contributed by atoms with van der Waals surface area (Å²) in [6, 6.07) is 7.84. The van der Waals surface area contributed by atoms with Gasteiger partial charge in [0.25, 0.3) is 0 Å². The third-order valence-electron chi connectivity index (χ3n) is 3.30. The fourth-order valence-corrected chi connectivity index (χ4v) is 1.90. The summed E-state index contributed by atoms with van der Waals surface area (Å²) in [7, 11) is 0. The molecule has 4 nitrogen and oxygen atoms in total. The Balaban J connectivity index is 1.77. The molecule has 1 fully saturated rings. The first-order chi connectivity index (χ1) is 8.31. The van der Waals surface area contributed by atoms with Crippen LogP contribution in [0.5, 0.6) is 0 Å². The summed E-state index contributed by atoms with van der Waals surface area (Å²) >= 11 is 0. The fourth-order valence-electron chi connectivity index (χ4n) is 1.90. The number of hydrogen-bond acceptors (Lipinski definition) is 4. The number of aliphatic hydroxyl groups is 1. The van der Waals surface area contributed by atoms with Crippen molar-refractivity contribution in [2.75, 3.05) is 6.61 Å². The number of nitrogens with zero attached hydrogens (tertiary/aromatic N) is 2. The highest BCUT2D eigenvalue weighted by atomic mass is 16.3. The summed E-state index contributed by atoms with van der Waals surface area (Å²) in [5.74, 6) is 0. The van der Waals surface area contributed by atoms with Crippen molar-refractivity contribution in [1.82, 2.24) is 15.3 Å². The van der Waals surface area contributed by atoms with Gasteiger partial charge in [-0.05, 0) is 25.0 Å². The molecule has 1 aromatic heterocycles. The van der Waals surface area contributed by atoms with E-state index in [1.165, 1.54) is 0 Å². The normalized spacial score (nSPS) is 17.2. The number of nitrogens with one attached hydrogen (secondary N) is 1. The third kappa shape index (κ3) is 2.14. The lowest BCUT2D eigenvalue weighted by atomic mass is 10.2. The molecule has 0 amide bonds. The van der Waals surface area contributed by atoms with E-state index >= 15 is 0 Å². The predicted octanol–water partition coefficient (Wildman–Crippen LogP) is 1.24. The van der Waals surface area contributed by atoms with Gasteiger partial charge in [0.05, 0.1) is 29.5 Å². The Labute approximate surface area is 99.7 Å². The van der Waals surface area contributed by atoms with E-state index in [1.54, 1.807) is 6.20 Å². The first-order valence-corrected chi connectivity index (χ1v) is 5.88. The van der Waals surface area contributed by atoms with Crippen LogP contribution in [0.25, 0.3) is 11.0 Å². The van der Waals surface area contributed by atoms with Crippen LogP contribution in [0, 0.1) is 0 Å². The molecule has 0 spiro atoms. The lowest BCUT2D eigenvalue weighted by Gasteiger charge is -2.13. The standard InChI is InChI=1S/C13H15N3O/c17-9-13(5-6-13)15-8-10-7-14-11-3-1-2-4-12(11)16-10/h1-4,7,15,17H,5-6,8-9H2. The molecule has 1 saturated carbocycles. The second-order valence-corrected chi connectivity index (χ2v) is 4.64. The van der Waals surface area contributed by atoms with Gasteiger partial charge in [0.15, 0.2) is 0 Å². The topological polar surface area (TPSA) is 58.0 Å². The quantitative estimate of drug-likeness (QED) is 0.828. The van der Waals surface area contributed by atoms with Crippen LogP contribution in [-0.4, -0.2) is 27.2 Å². The van der Waals surface area contributed by atoms with E-state index in [9.17, 15) is 5.11 Å². The zero-order chi connectivity index (χ0) is 11.7. The molecule has 0 unspecified atom stereocenters. The van der Waals surface area contributed by atoms with Crippen LogP contribution in [0.2, 0.25) is 0 Å². The van der Waals surface area contributed by atoms with Gasteiger partial charge in [0.1, 0.15) is 0 Å². The van der Waals surface area contributed by atoms with Gasteiger partial charge in [-0.2, -0.15) is 0 Å². The summed E-state index contributed by atoms with van der Waals surface area (Å²) < 4.78 is 0. The Morgan fingerprint density at radius 1 is 1.24 bits per heavy atom. The van der Waals surface area contributed by atoms with Crippen molar-refractivity contribution in [3.63, 3.8) is 0 Å². The molecule has 3 rings (SSSR count). The highest BCUT2D eigenvalue weighted by Gasteiger charge is 2.41. The Morgan fingerprint density at radius 2 is 2.00 bits per heavy atom. The summed E-state index contributed by atoms with van der Waals surface area (Å²) in [5.41, 5.74) is 2.71. The number of aromatic nitrogens is 2. The smallest absolute Gasteiger partial charge is 0.0890 e. The predicted molar refractivity (Wildman–Crippen MR) is 65.4 cm³/mol. The maximum absolute atomic E-state index is 9.21. The van der Waals surface area contributed by atoms with E-state index in [1.807, 2.05) is 24.3 Å². The largest absolute Gasteiger partial charge is 0.394 e. The van der Waals surface area contributed by atoms with Crippen molar-refractivity contribution in [1.29, 1.82) is 0 Å². The van der Waals surface area contributed by atoms with Crippen LogP contribution in [0.1, 0.15) is 18.5 Å². The molecular formula is C13H15N3O. The summed E-state index contributed by atoms with van der Waals surface area (Å²) in [4.78, 5) is 8.90. The van der Waals surface area contributed by atoms with Crippen LogP contribution in [-0.2, 0) is 6.54 Å². The highest BCUT2D eigenvalue weighted by molar-refractivity contribution is 5.73. The minimum atomic E-state index is -0.0483. The molecule has 2 N–H and O–H groups in total. The molecule has 1 aromatic carbocycles. The third-order valence-corrected chi connectivity index (χ3v) is 3.30. The molecular weight excluding hydrogens is 214 g/mol. The van der Waals surface area contributed by atoms with Gasteiger partial charge in [-0.3, -0.25) is 4.98 Å². The Hall–Kier alpha value is -1.52. The van der Waals surface area contributed by atoms with Gasteiger partial charge >= 0.3 is 0 Å². The molecule has 2 aromatic rings. The zero-order valence-electron chi connectivity index (χ0n) is 9.56. The summed E-state index contributed by atoms with van der Waals surface area (Å²) in [5, 5.41) is 12.6. The zero-order valence-corrected chi connectivity index (χ0v) is 9.56. The van der Waals surface area contributed by atoms with E-state index < -0.39 is 0 Å². The van der Waals surface area contributed by atoms with Gasteiger partial charge in [-0.1, -0.05) is 12.1 Å². The highest BCUT2D eigenvalue weighted by Crippen LogP contribution is 2.34. The average Bonchev–Trinajstić information content (AvgIpc) is 3.17. The maximum Gasteiger partial charge on any atom is 0.0890 e. The number of fused-ring (bicyclic) bond motifs is 1. The molecule has 1 heterocycles. The van der Waals surface area contributed by atoms with E-state index in [2.05, 4.69) is 15.3 Å². The minimum Gasteiger partial charge on any atom is -0.394 e. The van der Waals surface area contributed by atoms with Crippen LogP contribution in [0.3, 0.4) is 0 Å². The van der Waals surface area contributed by atoms with Crippen molar-refractivity contribution < 1.29 is 5.11 Å². The Bertz CT molecular complexity index is 537. The van der Waals surface area contributed by atoms with Gasteiger partial charge in [0.2, 0.25) is 0 Å². The monoisotopic (exact) mass is 229 g/mol. The van der Waals surface area contributed by atoms with Crippen LogP contribution >= 0.6 is 0 Å². The van der Waals surface area contributed by atoms with E-state index in [4.69, 9.17) is 0 Å². The number of rotatable bonds is 4. The molecule has 4 heteroatoms. The molecule has 0 bridgehead atoms. The number of aliphatic hydroxyl groups excluding tert-OH is 1. The van der Waals surface area contributed by atoms with Crippen LogP contribution in [0.15, 0.2) is 30.5 Å². The molecule has 0 aliphatic heterocycles. The first-order valence-electron chi connectivity index (χ1n) is 5.88. The first kappa shape index (κ1) is 10.6. The number of hydrogen-bond donors (Lipinski definition) is 2. The van der Waals surface area contributed by atoms with Crippen molar-refractivity contribution in [2.24, 2.45) is 0 Å². The van der Waals surface area contributed by atoms with E-state index in [-0.39, 0.29) is 12.1 Å². The van der Waals surface area contributed by atoms with Crippen molar-refractivity contribution in [3.05, 3.63) is 36.2 Å². The molecule has 0 radical (unpaired) electrons. The SMILES string of the molecule is OCC1(NCc2cnc3ccccc3n2)CC1. The van der Waals surface area contributed by atoms with Crippen LogP contribution in [0.4, 0.5) is 0 Å². The van der Waals surface area contributed by atoms with Gasteiger partial charge in [-0.25, -0.2) is 4.98 Å². The lowest BCUT2D eigenvalue weighted by molar-refractivity contribution is 0.229. The maximum atomic E-state index is 9.21. The second kappa shape index (κ2) is 4.05. The van der Waals surface area contributed by atoms with Gasteiger partial charge in [0, 0.05) is 12.1 Å². The van der Waals surface area contributed by atoms with E-state index in [0.717, 1.165) is 29.6 Å². The van der Waals surface area contributed by atoms with Crippen LogP contribution < -0.4 is 5.32 Å². The second-order valence-electron chi connectivity index (χ2n) is 4.64. The molecule has 0 saturated heterocycles. The Kier molecular flexibility index (Phi) is 2.53. The fraction of sp³-hybridized carbons (Fsp3) is 0.385. The molecule has 1 aliphatic rings. The number of para-hydroxylation sites is 2. The van der Waals surface area contributed by atoms with Crippen molar-refractivity contribution in [2.45, 2.75) is 24.9 Å². The summed E-state index contributed by atoms with van der Waals surface area (Å²) in [6.45, 7) is 0.867. The molecule has 88 valence electrons. The molecule has 17 heavy (non-hydrogen) atoms. The molecule has 0 atom stereocenters. The minimum absolute atomic E-state index is 0.0483. The summed E-state index contributed by atoms with van der Waals surface area (Å²) in [6.07, 6.45) is 3.89. The number of benzene rings is 1. The lowest BCUT2D eigenvalue weighted by Crippen LogP contribution is -2.34. The Morgan fingerprint density at radius 3 is 2.71 bits per heavy atom. The van der Waals surface area contributed by atoms with Gasteiger partial charge in [-0.15, -0.1) is 0 Å². The average molecular weight is 229 g/mol. The van der Waals surface area contributed by atoms with Crippen molar-refractivity contribution in [3.8, 4) is 0 Å². The van der Waals surface area contributed by atoms with Crippen molar-refractivity contribution >= 4 is 11.0 Å². The van der Waals surface area contributed by atoms with E-state index in [0.29, 0.717) is 6.54 Å². The van der Waals surface area contributed by atoms with Gasteiger partial charge < -0.3 is 10.4 Å².